The molecule has 4 nitrogen and oxygen atoms in total. The number of amides is 1. The van der Waals surface area contributed by atoms with Crippen LogP contribution in [0, 0.1) is 5.41 Å². The van der Waals surface area contributed by atoms with E-state index in [9.17, 15) is 4.79 Å². The average molecular weight is 254 g/mol. The second kappa shape index (κ2) is 4.82. The van der Waals surface area contributed by atoms with Crippen molar-refractivity contribution in [2.75, 3.05) is 20.3 Å². The molecule has 0 aromatic rings. The van der Waals surface area contributed by atoms with Crippen molar-refractivity contribution in [3.8, 4) is 0 Å². The molecule has 1 N–H and O–H groups in total. The lowest BCUT2D eigenvalue weighted by Crippen LogP contribution is -2.43. The molecule has 4 heteroatoms. The number of hydrogen-bond acceptors (Lipinski definition) is 3. The summed E-state index contributed by atoms with van der Waals surface area (Å²) in [5.74, 6) is 0.319. The molecule has 2 fully saturated rings. The monoisotopic (exact) mass is 254 g/mol. The van der Waals surface area contributed by atoms with E-state index in [1.807, 2.05) is 0 Å². The molecule has 1 aliphatic heterocycles. The Kier molecular flexibility index (Phi) is 3.70. The minimum absolute atomic E-state index is 0.112. The van der Waals surface area contributed by atoms with E-state index in [4.69, 9.17) is 4.74 Å². The molecule has 0 bridgehead atoms. The molecule has 1 amide bonds. The average Bonchev–Trinajstić information content (AvgIpc) is 3.06. The summed E-state index contributed by atoms with van der Waals surface area (Å²) >= 11 is 0. The normalized spacial score (nSPS) is 26.1. The molecule has 1 atom stereocenters. The van der Waals surface area contributed by atoms with Crippen LogP contribution in [0.3, 0.4) is 0 Å². The molecule has 1 saturated carbocycles. The maximum atomic E-state index is 12.4. The summed E-state index contributed by atoms with van der Waals surface area (Å²) in [5.41, 5.74) is -0.0702. The summed E-state index contributed by atoms with van der Waals surface area (Å²) in [4.78, 5) is 14.5. The smallest absolute Gasteiger partial charge is 0.244 e. The molecule has 1 aliphatic carbocycles. The quantitative estimate of drug-likeness (QED) is 0.785. The fourth-order valence-corrected chi connectivity index (χ4v) is 2.78. The summed E-state index contributed by atoms with van der Waals surface area (Å²) in [6.07, 6.45) is 4.21. The lowest BCUT2D eigenvalue weighted by Gasteiger charge is -2.33. The van der Waals surface area contributed by atoms with Crippen LogP contribution < -0.4 is 5.32 Å². The lowest BCUT2D eigenvalue weighted by molar-refractivity contribution is -0.132. The number of rotatable bonds is 6. The fourth-order valence-electron chi connectivity index (χ4n) is 2.78. The van der Waals surface area contributed by atoms with Crippen molar-refractivity contribution in [2.24, 2.45) is 5.41 Å². The second-order valence-corrected chi connectivity index (χ2v) is 6.49. The van der Waals surface area contributed by atoms with Crippen molar-refractivity contribution in [2.45, 2.75) is 58.2 Å². The van der Waals surface area contributed by atoms with Gasteiger partial charge in [-0.05, 0) is 31.1 Å². The number of nitrogens with zero attached hydrogens (tertiary/aromatic N) is 1. The van der Waals surface area contributed by atoms with Crippen molar-refractivity contribution < 1.29 is 9.53 Å². The third-order valence-corrected chi connectivity index (χ3v) is 4.21. The van der Waals surface area contributed by atoms with Gasteiger partial charge in [0.15, 0.2) is 0 Å². The molecule has 1 unspecified atom stereocenters. The van der Waals surface area contributed by atoms with E-state index in [2.05, 4.69) is 31.0 Å². The van der Waals surface area contributed by atoms with E-state index >= 15 is 0 Å². The van der Waals surface area contributed by atoms with E-state index in [1.165, 1.54) is 0 Å². The molecule has 104 valence electrons. The largest absolute Gasteiger partial charge is 0.385 e. The van der Waals surface area contributed by atoms with E-state index < -0.39 is 0 Å². The SMILES string of the molecule is CCC1NC2(CC2)C(=O)N1CC(C)(C)CCOC. The topological polar surface area (TPSA) is 41.6 Å². The minimum Gasteiger partial charge on any atom is -0.385 e. The Morgan fingerprint density at radius 3 is 2.67 bits per heavy atom. The third kappa shape index (κ3) is 2.54. The van der Waals surface area contributed by atoms with Gasteiger partial charge < -0.3 is 9.64 Å². The summed E-state index contributed by atoms with van der Waals surface area (Å²) in [5, 5.41) is 3.51. The maximum absolute atomic E-state index is 12.4. The van der Waals surface area contributed by atoms with Crippen LogP contribution >= 0.6 is 0 Å². The van der Waals surface area contributed by atoms with Gasteiger partial charge in [0.25, 0.3) is 0 Å². The Balaban J connectivity index is 2.00. The highest BCUT2D eigenvalue weighted by Gasteiger charge is 2.58. The summed E-state index contributed by atoms with van der Waals surface area (Å²) in [6, 6.07) is 0. The molecule has 1 heterocycles. The van der Waals surface area contributed by atoms with Gasteiger partial charge in [-0.15, -0.1) is 0 Å². The summed E-state index contributed by atoms with van der Waals surface area (Å²) in [6.45, 7) is 8.14. The Bertz CT molecular complexity index is 324. The number of hydrogen-bond donors (Lipinski definition) is 1. The van der Waals surface area contributed by atoms with Gasteiger partial charge in [-0.1, -0.05) is 20.8 Å². The standard InChI is InChI=1S/C14H26N2O2/c1-5-11-15-14(6-7-14)12(17)16(11)10-13(2,3)8-9-18-4/h11,15H,5-10H2,1-4H3. The zero-order chi connectivity index (χ0) is 13.4. The fraction of sp³-hybridized carbons (Fsp3) is 0.929. The Labute approximate surface area is 110 Å². The van der Waals surface area contributed by atoms with E-state index in [0.29, 0.717) is 5.91 Å². The molecular weight excluding hydrogens is 228 g/mol. The third-order valence-electron chi connectivity index (χ3n) is 4.21. The van der Waals surface area contributed by atoms with Crippen LogP contribution in [0.5, 0.6) is 0 Å². The number of carbonyl (C=O) groups excluding carboxylic acids is 1. The van der Waals surface area contributed by atoms with Crippen LogP contribution in [0.1, 0.15) is 46.5 Å². The number of ether oxygens (including phenoxy) is 1. The Morgan fingerprint density at radius 2 is 2.17 bits per heavy atom. The van der Waals surface area contributed by atoms with E-state index in [-0.39, 0.29) is 17.1 Å². The highest BCUT2D eigenvalue weighted by Crippen LogP contribution is 2.43. The molecular formula is C14H26N2O2. The molecule has 2 rings (SSSR count). The van der Waals surface area contributed by atoms with Crippen molar-refractivity contribution in [1.82, 2.24) is 10.2 Å². The summed E-state index contributed by atoms with van der Waals surface area (Å²) < 4.78 is 5.16. The Hall–Kier alpha value is -0.610. The van der Waals surface area contributed by atoms with Gasteiger partial charge in [-0.25, -0.2) is 0 Å². The summed E-state index contributed by atoms with van der Waals surface area (Å²) in [7, 11) is 1.73. The maximum Gasteiger partial charge on any atom is 0.244 e. The first-order chi connectivity index (χ1) is 8.44. The van der Waals surface area contributed by atoms with Crippen molar-refractivity contribution in [3.05, 3.63) is 0 Å². The first-order valence-electron chi connectivity index (χ1n) is 7.02. The first-order valence-corrected chi connectivity index (χ1v) is 7.02. The van der Waals surface area contributed by atoms with Crippen molar-refractivity contribution in [3.63, 3.8) is 0 Å². The number of nitrogens with one attached hydrogen (secondary N) is 1. The van der Waals surface area contributed by atoms with Gasteiger partial charge in [0.05, 0.1) is 11.7 Å². The van der Waals surface area contributed by atoms with Crippen LogP contribution in [0.2, 0.25) is 0 Å². The van der Waals surface area contributed by atoms with Gasteiger partial charge in [-0.2, -0.15) is 0 Å². The van der Waals surface area contributed by atoms with E-state index in [1.54, 1.807) is 7.11 Å². The predicted molar refractivity (Wildman–Crippen MR) is 71.2 cm³/mol. The van der Waals surface area contributed by atoms with Gasteiger partial charge in [0.2, 0.25) is 5.91 Å². The molecule has 0 aromatic heterocycles. The van der Waals surface area contributed by atoms with Crippen LogP contribution in [0.4, 0.5) is 0 Å². The van der Waals surface area contributed by atoms with Gasteiger partial charge in [0, 0.05) is 20.3 Å². The van der Waals surface area contributed by atoms with Crippen LogP contribution in [-0.4, -0.2) is 42.8 Å². The van der Waals surface area contributed by atoms with Crippen LogP contribution in [0.25, 0.3) is 0 Å². The predicted octanol–water partition coefficient (Wildman–Crippen LogP) is 1.75. The van der Waals surface area contributed by atoms with Gasteiger partial charge in [-0.3, -0.25) is 10.1 Å². The number of methoxy groups -OCH3 is 1. The zero-order valence-corrected chi connectivity index (χ0v) is 12.1. The number of carbonyl (C=O) groups is 1. The highest BCUT2D eigenvalue weighted by atomic mass is 16.5. The Morgan fingerprint density at radius 1 is 1.50 bits per heavy atom. The zero-order valence-electron chi connectivity index (χ0n) is 12.1. The highest BCUT2D eigenvalue weighted by molar-refractivity contribution is 5.91. The first kappa shape index (κ1) is 13.8. The lowest BCUT2D eigenvalue weighted by atomic mass is 9.89. The van der Waals surface area contributed by atoms with Gasteiger partial charge >= 0.3 is 0 Å². The molecule has 0 radical (unpaired) electrons. The minimum atomic E-state index is -0.183. The van der Waals surface area contributed by atoms with Crippen LogP contribution in [-0.2, 0) is 9.53 Å². The van der Waals surface area contributed by atoms with Gasteiger partial charge in [0.1, 0.15) is 0 Å². The van der Waals surface area contributed by atoms with Crippen molar-refractivity contribution >= 4 is 5.91 Å². The molecule has 1 saturated heterocycles. The molecule has 18 heavy (non-hydrogen) atoms. The second-order valence-electron chi connectivity index (χ2n) is 6.49. The molecule has 1 spiro atoms. The van der Waals surface area contributed by atoms with Crippen LogP contribution in [0.15, 0.2) is 0 Å². The van der Waals surface area contributed by atoms with E-state index in [0.717, 1.165) is 38.8 Å². The van der Waals surface area contributed by atoms with Crippen molar-refractivity contribution in [1.29, 1.82) is 0 Å². The molecule has 2 aliphatic rings. The molecule has 0 aromatic carbocycles.